The number of rotatable bonds is 7. The Kier molecular flexibility index (Phi) is 5.82. The molecule has 0 fully saturated rings. The van der Waals surface area contributed by atoms with E-state index in [1.54, 1.807) is 0 Å². The van der Waals surface area contributed by atoms with Crippen LogP contribution in [-0.2, 0) is 6.54 Å². The maximum absolute atomic E-state index is 4.55. The van der Waals surface area contributed by atoms with Gasteiger partial charge in [0.25, 0.3) is 0 Å². The van der Waals surface area contributed by atoms with Crippen LogP contribution >= 0.6 is 0 Å². The van der Waals surface area contributed by atoms with Gasteiger partial charge >= 0.3 is 0 Å². The lowest BCUT2D eigenvalue weighted by atomic mass is 10.2. The minimum Gasteiger partial charge on any atom is -0.311 e. The molecule has 1 aromatic rings. The molecule has 0 radical (unpaired) electrons. The van der Waals surface area contributed by atoms with Crippen molar-refractivity contribution in [3.05, 3.63) is 17.0 Å². The highest BCUT2D eigenvalue weighted by Crippen LogP contribution is 2.10. The topological polar surface area (TPSA) is 33.1 Å². The van der Waals surface area contributed by atoms with Crippen molar-refractivity contribution < 1.29 is 0 Å². The van der Waals surface area contributed by atoms with Gasteiger partial charge in [-0.15, -0.1) is 0 Å². The summed E-state index contributed by atoms with van der Waals surface area (Å²) in [6, 6.07) is 0.521. The summed E-state index contributed by atoms with van der Waals surface area (Å²) in [6.45, 7) is 14.9. The zero-order chi connectivity index (χ0) is 13.7. The molecule has 0 saturated heterocycles. The molecule has 1 N–H and O–H groups in total. The Bertz CT molecular complexity index is 370. The van der Waals surface area contributed by atoms with E-state index in [0.717, 1.165) is 31.9 Å². The van der Waals surface area contributed by atoms with Crippen molar-refractivity contribution in [3.8, 4) is 0 Å². The van der Waals surface area contributed by atoms with E-state index < -0.39 is 0 Å². The predicted molar refractivity (Wildman–Crippen MR) is 77.1 cm³/mol. The smallest absolute Gasteiger partial charge is 0.0625 e. The Morgan fingerprint density at radius 2 is 2.00 bits per heavy atom. The van der Waals surface area contributed by atoms with Crippen LogP contribution in [0.1, 0.15) is 30.8 Å². The zero-order valence-corrected chi connectivity index (χ0v) is 12.7. The lowest BCUT2D eigenvalue weighted by molar-refractivity contribution is 0.307. The maximum Gasteiger partial charge on any atom is 0.0625 e. The third-order valence-electron chi connectivity index (χ3n) is 3.69. The Balaban J connectivity index is 2.35. The van der Waals surface area contributed by atoms with E-state index in [-0.39, 0.29) is 0 Å². The molecular formula is C14H28N4. The van der Waals surface area contributed by atoms with Gasteiger partial charge in [-0.05, 0) is 46.9 Å². The summed E-state index contributed by atoms with van der Waals surface area (Å²) < 4.78 is 2.11. The van der Waals surface area contributed by atoms with Gasteiger partial charge < -0.3 is 10.2 Å². The molecule has 4 heteroatoms. The quantitative estimate of drug-likeness (QED) is 0.802. The van der Waals surface area contributed by atoms with Gasteiger partial charge in [0.2, 0.25) is 0 Å². The van der Waals surface area contributed by atoms with Crippen LogP contribution in [0.25, 0.3) is 0 Å². The van der Waals surface area contributed by atoms with Gasteiger partial charge in [0.15, 0.2) is 0 Å². The standard InChI is InChI=1S/C14H28N4/c1-7-17(6)10-11(2)15-8-9-18-14(5)12(3)13(4)16-18/h11,15H,7-10H2,1-6H3. The monoisotopic (exact) mass is 252 g/mol. The Hall–Kier alpha value is -0.870. The summed E-state index contributed by atoms with van der Waals surface area (Å²) in [5.41, 5.74) is 3.74. The van der Waals surface area contributed by atoms with Crippen LogP contribution in [0.2, 0.25) is 0 Å². The minimum absolute atomic E-state index is 0.521. The summed E-state index contributed by atoms with van der Waals surface area (Å²) >= 11 is 0. The van der Waals surface area contributed by atoms with Gasteiger partial charge in [-0.3, -0.25) is 4.68 Å². The SMILES string of the molecule is CCN(C)CC(C)NCCn1nc(C)c(C)c1C. The van der Waals surface area contributed by atoms with Crippen LogP contribution in [0.3, 0.4) is 0 Å². The molecule has 0 saturated carbocycles. The molecule has 1 heterocycles. The average Bonchev–Trinajstić information content (AvgIpc) is 2.57. The first-order valence-electron chi connectivity index (χ1n) is 6.88. The highest BCUT2D eigenvalue weighted by Gasteiger charge is 2.08. The number of aryl methyl sites for hydroxylation is 1. The van der Waals surface area contributed by atoms with Gasteiger partial charge in [0.05, 0.1) is 12.2 Å². The van der Waals surface area contributed by atoms with Crippen molar-refractivity contribution in [2.24, 2.45) is 0 Å². The number of nitrogens with one attached hydrogen (secondary N) is 1. The van der Waals surface area contributed by atoms with Crippen LogP contribution in [0.15, 0.2) is 0 Å². The van der Waals surface area contributed by atoms with Crippen LogP contribution < -0.4 is 5.32 Å². The Labute approximate surface area is 111 Å². The molecule has 1 rings (SSSR count). The third-order valence-corrected chi connectivity index (χ3v) is 3.69. The summed E-state index contributed by atoms with van der Waals surface area (Å²) in [4.78, 5) is 2.32. The molecular weight excluding hydrogens is 224 g/mol. The molecule has 1 atom stereocenters. The second-order valence-electron chi connectivity index (χ2n) is 5.23. The summed E-state index contributed by atoms with van der Waals surface area (Å²) in [5, 5.41) is 8.10. The first kappa shape index (κ1) is 15.2. The van der Waals surface area contributed by atoms with Gasteiger partial charge in [-0.2, -0.15) is 5.10 Å². The minimum atomic E-state index is 0.521. The Morgan fingerprint density at radius 1 is 1.33 bits per heavy atom. The van der Waals surface area contributed by atoms with Crippen molar-refractivity contribution in [3.63, 3.8) is 0 Å². The van der Waals surface area contributed by atoms with Crippen LogP contribution in [0, 0.1) is 20.8 Å². The molecule has 104 valence electrons. The predicted octanol–water partition coefficient (Wildman–Crippen LogP) is 1.74. The first-order chi connectivity index (χ1) is 8.45. The van der Waals surface area contributed by atoms with Crippen molar-refractivity contribution in [2.75, 3.05) is 26.7 Å². The highest BCUT2D eigenvalue weighted by atomic mass is 15.3. The fraction of sp³-hybridized carbons (Fsp3) is 0.786. The Morgan fingerprint density at radius 3 is 2.50 bits per heavy atom. The van der Waals surface area contributed by atoms with Crippen molar-refractivity contribution in [2.45, 2.75) is 47.2 Å². The van der Waals surface area contributed by atoms with Crippen molar-refractivity contribution >= 4 is 0 Å². The molecule has 4 nitrogen and oxygen atoms in total. The molecule has 0 spiro atoms. The van der Waals surface area contributed by atoms with Gasteiger partial charge in [0, 0.05) is 24.8 Å². The molecule has 0 aromatic carbocycles. The fourth-order valence-corrected chi connectivity index (χ4v) is 2.08. The summed E-state index contributed by atoms with van der Waals surface area (Å²) in [7, 11) is 2.16. The normalized spacial score (nSPS) is 13.3. The van der Waals surface area contributed by atoms with Crippen LogP contribution in [0.4, 0.5) is 0 Å². The number of nitrogens with zero attached hydrogens (tertiary/aromatic N) is 3. The van der Waals surface area contributed by atoms with E-state index in [1.807, 2.05) is 0 Å². The van der Waals surface area contributed by atoms with Crippen LogP contribution in [0.5, 0.6) is 0 Å². The number of hydrogen-bond donors (Lipinski definition) is 1. The lowest BCUT2D eigenvalue weighted by Gasteiger charge is -2.20. The van der Waals surface area contributed by atoms with E-state index in [4.69, 9.17) is 0 Å². The second kappa shape index (κ2) is 6.90. The highest BCUT2D eigenvalue weighted by molar-refractivity contribution is 5.22. The molecule has 1 unspecified atom stereocenters. The summed E-state index contributed by atoms with van der Waals surface area (Å²) in [6.07, 6.45) is 0. The molecule has 18 heavy (non-hydrogen) atoms. The third kappa shape index (κ3) is 4.10. The summed E-state index contributed by atoms with van der Waals surface area (Å²) in [5.74, 6) is 0. The van der Waals surface area contributed by atoms with E-state index in [0.29, 0.717) is 6.04 Å². The van der Waals surface area contributed by atoms with E-state index >= 15 is 0 Å². The molecule has 0 bridgehead atoms. The van der Waals surface area contributed by atoms with Crippen molar-refractivity contribution in [1.82, 2.24) is 20.0 Å². The fourth-order valence-electron chi connectivity index (χ4n) is 2.08. The number of likely N-dealkylation sites (N-methyl/N-ethyl adjacent to an activating group) is 1. The first-order valence-corrected chi connectivity index (χ1v) is 6.88. The van der Waals surface area contributed by atoms with Crippen LogP contribution in [-0.4, -0.2) is 47.4 Å². The molecule has 1 aromatic heterocycles. The molecule has 0 aliphatic rings. The van der Waals surface area contributed by atoms with Crippen molar-refractivity contribution in [1.29, 1.82) is 0 Å². The number of aromatic nitrogens is 2. The van der Waals surface area contributed by atoms with E-state index in [1.165, 1.54) is 11.3 Å². The lowest BCUT2D eigenvalue weighted by Crippen LogP contribution is -2.38. The van der Waals surface area contributed by atoms with Gasteiger partial charge in [-0.25, -0.2) is 0 Å². The molecule has 0 amide bonds. The maximum atomic E-state index is 4.55. The zero-order valence-electron chi connectivity index (χ0n) is 12.7. The molecule has 0 aliphatic carbocycles. The van der Waals surface area contributed by atoms with E-state index in [2.05, 4.69) is 61.7 Å². The number of hydrogen-bond acceptors (Lipinski definition) is 3. The van der Waals surface area contributed by atoms with E-state index in [9.17, 15) is 0 Å². The van der Waals surface area contributed by atoms with Gasteiger partial charge in [-0.1, -0.05) is 6.92 Å². The second-order valence-corrected chi connectivity index (χ2v) is 5.23. The molecule has 0 aliphatic heterocycles. The average molecular weight is 252 g/mol. The van der Waals surface area contributed by atoms with Gasteiger partial charge in [0.1, 0.15) is 0 Å². The largest absolute Gasteiger partial charge is 0.311 e.